The van der Waals surface area contributed by atoms with E-state index in [-0.39, 0.29) is 4.90 Å². The predicted octanol–water partition coefficient (Wildman–Crippen LogP) is 3.13. The quantitative estimate of drug-likeness (QED) is 0.844. The molecule has 0 amide bonds. The van der Waals surface area contributed by atoms with E-state index in [4.69, 9.17) is 9.47 Å². The monoisotopic (exact) mass is 335 g/mol. The molecule has 0 spiro atoms. The first-order chi connectivity index (χ1) is 11.0. The molecule has 0 bridgehead atoms. The fourth-order valence-electron chi connectivity index (χ4n) is 2.27. The zero-order valence-electron chi connectivity index (χ0n) is 13.4. The van der Waals surface area contributed by atoms with E-state index in [2.05, 4.69) is 4.72 Å². The van der Waals surface area contributed by atoms with E-state index in [0.717, 1.165) is 5.56 Å². The molecule has 0 aromatic heterocycles. The highest BCUT2D eigenvalue weighted by molar-refractivity contribution is 7.89. The highest BCUT2D eigenvalue weighted by Crippen LogP contribution is 2.26. The Morgan fingerprint density at radius 1 is 1.09 bits per heavy atom. The van der Waals surface area contributed by atoms with Gasteiger partial charge in [-0.1, -0.05) is 18.2 Å². The van der Waals surface area contributed by atoms with Crippen molar-refractivity contribution in [1.82, 2.24) is 4.72 Å². The average Bonchev–Trinajstić information content (AvgIpc) is 2.55. The molecule has 0 aliphatic rings. The standard InChI is InChI=1S/C17H21NO4S/c1-4-22-14-9-11-15(12-10-14)23(19,20)18-13(2)16-7-5-6-8-17(16)21-3/h5-13,18H,4H2,1-3H3/t13-/m0/s1. The van der Waals surface area contributed by atoms with E-state index in [1.807, 2.05) is 25.1 Å². The third kappa shape index (κ3) is 4.24. The number of rotatable bonds is 7. The normalized spacial score (nSPS) is 12.7. The number of nitrogens with one attached hydrogen (secondary N) is 1. The molecule has 1 atom stereocenters. The van der Waals surface area contributed by atoms with Gasteiger partial charge in [-0.15, -0.1) is 0 Å². The largest absolute Gasteiger partial charge is 0.496 e. The first-order valence-electron chi connectivity index (χ1n) is 7.36. The number of sulfonamides is 1. The lowest BCUT2D eigenvalue weighted by Gasteiger charge is -2.17. The Balaban J connectivity index is 2.20. The number of hydrogen-bond donors (Lipinski definition) is 1. The molecular formula is C17H21NO4S. The molecule has 2 aromatic rings. The van der Waals surface area contributed by atoms with Crippen LogP contribution < -0.4 is 14.2 Å². The van der Waals surface area contributed by atoms with Crippen LogP contribution in [-0.4, -0.2) is 22.1 Å². The minimum absolute atomic E-state index is 0.197. The van der Waals surface area contributed by atoms with Crippen molar-refractivity contribution >= 4 is 10.0 Å². The van der Waals surface area contributed by atoms with E-state index >= 15 is 0 Å². The minimum Gasteiger partial charge on any atom is -0.496 e. The van der Waals surface area contributed by atoms with Crippen molar-refractivity contribution in [2.75, 3.05) is 13.7 Å². The molecule has 0 saturated heterocycles. The molecule has 1 N–H and O–H groups in total. The Morgan fingerprint density at radius 3 is 2.35 bits per heavy atom. The van der Waals surface area contributed by atoms with Crippen LogP contribution in [0, 0.1) is 0 Å². The van der Waals surface area contributed by atoms with Gasteiger partial charge in [-0.2, -0.15) is 0 Å². The smallest absolute Gasteiger partial charge is 0.241 e. The van der Waals surface area contributed by atoms with E-state index in [9.17, 15) is 8.42 Å². The third-order valence-corrected chi connectivity index (χ3v) is 4.94. The van der Waals surface area contributed by atoms with Crippen molar-refractivity contribution in [1.29, 1.82) is 0 Å². The van der Waals surface area contributed by atoms with Crippen LogP contribution in [0.4, 0.5) is 0 Å². The molecule has 2 rings (SSSR count). The van der Waals surface area contributed by atoms with Crippen molar-refractivity contribution in [2.24, 2.45) is 0 Å². The van der Waals surface area contributed by atoms with Crippen LogP contribution in [0.15, 0.2) is 53.4 Å². The summed E-state index contributed by atoms with van der Waals surface area (Å²) in [6, 6.07) is 13.3. The Morgan fingerprint density at radius 2 is 1.74 bits per heavy atom. The topological polar surface area (TPSA) is 64.6 Å². The van der Waals surface area contributed by atoms with Gasteiger partial charge in [0.05, 0.1) is 18.6 Å². The summed E-state index contributed by atoms with van der Waals surface area (Å²) in [5.74, 6) is 1.29. The number of benzene rings is 2. The van der Waals surface area contributed by atoms with Crippen molar-refractivity contribution in [3.05, 3.63) is 54.1 Å². The Hall–Kier alpha value is -2.05. The zero-order chi connectivity index (χ0) is 16.9. The van der Waals surface area contributed by atoms with Crippen LogP contribution in [0.1, 0.15) is 25.5 Å². The molecule has 0 fully saturated rings. The molecule has 124 valence electrons. The van der Waals surface area contributed by atoms with Crippen LogP contribution in [-0.2, 0) is 10.0 Å². The highest BCUT2D eigenvalue weighted by Gasteiger charge is 2.20. The zero-order valence-corrected chi connectivity index (χ0v) is 14.3. The van der Waals surface area contributed by atoms with Crippen LogP contribution >= 0.6 is 0 Å². The number of methoxy groups -OCH3 is 1. The predicted molar refractivity (Wildman–Crippen MR) is 89.3 cm³/mol. The minimum atomic E-state index is -3.63. The second-order valence-electron chi connectivity index (χ2n) is 4.99. The Kier molecular flexibility index (Phi) is 5.63. The van der Waals surface area contributed by atoms with Gasteiger partial charge in [-0.05, 0) is 44.2 Å². The molecular weight excluding hydrogens is 314 g/mol. The maximum absolute atomic E-state index is 12.5. The molecule has 0 unspecified atom stereocenters. The van der Waals surface area contributed by atoms with Gasteiger partial charge in [-0.25, -0.2) is 13.1 Å². The van der Waals surface area contributed by atoms with Gasteiger partial charge < -0.3 is 9.47 Å². The molecule has 0 saturated carbocycles. The molecule has 0 heterocycles. The number of ether oxygens (including phenoxy) is 2. The van der Waals surface area contributed by atoms with Gasteiger partial charge in [0, 0.05) is 11.6 Å². The summed E-state index contributed by atoms with van der Waals surface area (Å²) in [6.45, 7) is 4.19. The van der Waals surface area contributed by atoms with Gasteiger partial charge in [0.1, 0.15) is 11.5 Å². The Bertz CT molecular complexity index is 741. The summed E-state index contributed by atoms with van der Waals surface area (Å²) < 4.78 is 38.3. The van der Waals surface area contributed by atoms with E-state index < -0.39 is 16.1 Å². The molecule has 0 radical (unpaired) electrons. The molecule has 5 nitrogen and oxygen atoms in total. The lowest BCUT2D eigenvalue weighted by Crippen LogP contribution is -2.27. The Labute approximate surface area is 137 Å². The molecule has 0 aliphatic carbocycles. The van der Waals surface area contributed by atoms with E-state index in [1.165, 1.54) is 12.1 Å². The highest BCUT2D eigenvalue weighted by atomic mass is 32.2. The fraction of sp³-hybridized carbons (Fsp3) is 0.294. The van der Waals surface area contributed by atoms with E-state index in [1.54, 1.807) is 32.2 Å². The average molecular weight is 335 g/mol. The van der Waals surface area contributed by atoms with Gasteiger partial charge in [-0.3, -0.25) is 0 Å². The first kappa shape index (κ1) is 17.3. The summed E-state index contributed by atoms with van der Waals surface area (Å²) in [5, 5.41) is 0. The summed E-state index contributed by atoms with van der Waals surface area (Å²) in [6.07, 6.45) is 0. The summed E-state index contributed by atoms with van der Waals surface area (Å²) in [7, 11) is -2.06. The van der Waals surface area contributed by atoms with Crippen molar-refractivity contribution in [2.45, 2.75) is 24.8 Å². The second-order valence-corrected chi connectivity index (χ2v) is 6.70. The van der Waals surface area contributed by atoms with Gasteiger partial charge >= 0.3 is 0 Å². The van der Waals surface area contributed by atoms with Gasteiger partial charge in [0.15, 0.2) is 0 Å². The summed E-state index contributed by atoms with van der Waals surface area (Å²) in [5.41, 5.74) is 0.782. The maximum Gasteiger partial charge on any atom is 0.241 e. The number of para-hydroxylation sites is 1. The number of hydrogen-bond acceptors (Lipinski definition) is 4. The molecule has 2 aromatic carbocycles. The SMILES string of the molecule is CCOc1ccc(S(=O)(=O)N[C@@H](C)c2ccccc2OC)cc1. The van der Waals surface area contributed by atoms with Crippen molar-refractivity contribution in [3.63, 3.8) is 0 Å². The van der Waals surface area contributed by atoms with Crippen LogP contribution in [0.5, 0.6) is 11.5 Å². The van der Waals surface area contributed by atoms with Crippen molar-refractivity contribution < 1.29 is 17.9 Å². The molecule has 0 aliphatic heterocycles. The van der Waals surface area contributed by atoms with E-state index in [0.29, 0.717) is 18.1 Å². The third-order valence-electron chi connectivity index (χ3n) is 3.38. The molecule has 23 heavy (non-hydrogen) atoms. The first-order valence-corrected chi connectivity index (χ1v) is 8.84. The molecule has 6 heteroatoms. The lowest BCUT2D eigenvalue weighted by atomic mass is 10.1. The van der Waals surface area contributed by atoms with Crippen LogP contribution in [0.25, 0.3) is 0 Å². The van der Waals surface area contributed by atoms with Crippen LogP contribution in [0.2, 0.25) is 0 Å². The van der Waals surface area contributed by atoms with Crippen molar-refractivity contribution in [3.8, 4) is 11.5 Å². The lowest BCUT2D eigenvalue weighted by molar-refractivity contribution is 0.340. The summed E-state index contributed by atoms with van der Waals surface area (Å²) >= 11 is 0. The van der Waals surface area contributed by atoms with Crippen LogP contribution in [0.3, 0.4) is 0 Å². The maximum atomic E-state index is 12.5. The van der Waals surface area contributed by atoms with Gasteiger partial charge in [0.2, 0.25) is 10.0 Å². The summed E-state index contributed by atoms with van der Waals surface area (Å²) in [4.78, 5) is 0.197. The fourth-order valence-corrected chi connectivity index (χ4v) is 3.49. The second kappa shape index (κ2) is 7.48. The van der Waals surface area contributed by atoms with Gasteiger partial charge in [0.25, 0.3) is 0 Å².